The molecule has 0 radical (unpaired) electrons. The third-order valence-electron chi connectivity index (χ3n) is 3.15. The Morgan fingerprint density at radius 1 is 1.35 bits per heavy atom. The van der Waals surface area contributed by atoms with Crippen molar-refractivity contribution in [3.8, 4) is 0 Å². The summed E-state index contributed by atoms with van der Waals surface area (Å²) in [5, 5.41) is 0. The van der Waals surface area contributed by atoms with Crippen LogP contribution in [-0.4, -0.2) is 28.7 Å². The third-order valence-corrected chi connectivity index (χ3v) is 3.37. The van der Waals surface area contributed by atoms with E-state index in [-0.39, 0.29) is 17.6 Å². The van der Waals surface area contributed by atoms with Crippen molar-refractivity contribution in [3.05, 3.63) is 35.1 Å². The van der Waals surface area contributed by atoms with Crippen LogP contribution in [0.2, 0.25) is 0 Å². The molecule has 2 N–H and O–H groups in total. The fraction of sp³-hybridized carbons (Fsp3) is 0.462. The standard InChI is InChI=1S/C13H14F4N2S/c14-9-1-4-11(12(18)20)8(5-9)6-19(10-2-3-10)7-13(15,16)17/h1,4-5,10H,2-3,6-7H2,(H2,18,20). The van der Waals surface area contributed by atoms with Crippen molar-refractivity contribution in [1.29, 1.82) is 0 Å². The van der Waals surface area contributed by atoms with Gasteiger partial charge in [-0.2, -0.15) is 13.2 Å². The number of nitrogens with two attached hydrogens (primary N) is 1. The van der Waals surface area contributed by atoms with Crippen molar-refractivity contribution < 1.29 is 17.6 Å². The summed E-state index contributed by atoms with van der Waals surface area (Å²) < 4.78 is 51.0. The first-order valence-corrected chi connectivity index (χ1v) is 6.56. The molecule has 2 nitrogen and oxygen atoms in total. The normalized spacial score (nSPS) is 15.7. The van der Waals surface area contributed by atoms with Crippen LogP contribution in [0.3, 0.4) is 0 Å². The fourth-order valence-corrected chi connectivity index (χ4v) is 2.34. The van der Waals surface area contributed by atoms with Gasteiger partial charge in [0.1, 0.15) is 10.8 Å². The summed E-state index contributed by atoms with van der Waals surface area (Å²) in [6, 6.07) is 3.70. The number of nitrogens with zero attached hydrogens (tertiary/aromatic N) is 1. The quantitative estimate of drug-likeness (QED) is 0.670. The van der Waals surface area contributed by atoms with Gasteiger partial charge >= 0.3 is 6.18 Å². The van der Waals surface area contributed by atoms with Gasteiger partial charge < -0.3 is 5.73 Å². The van der Waals surface area contributed by atoms with Gasteiger partial charge in [0.05, 0.1) is 6.54 Å². The zero-order valence-electron chi connectivity index (χ0n) is 10.6. The Bertz CT molecular complexity index is 512. The molecule has 1 aromatic rings. The van der Waals surface area contributed by atoms with E-state index >= 15 is 0 Å². The number of thiocarbonyl (C=S) groups is 1. The Hall–Kier alpha value is -1.21. The van der Waals surface area contributed by atoms with Gasteiger partial charge in [0.15, 0.2) is 0 Å². The molecule has 2 rings (SSSR count). The van der Waals surface area contributed by atoms with Crippen molar-refractivity contribution in [2.45, 2.75) is 31.6 Å². The molecule has 0 heterocycles. The topological polar surface area (TPSA) is 29.3 Å². The van der Waals surface area contributed by atoms with Crippen molar-refractivity contribution in [1.82, 2.24) is 4.90 Å². The summed E-state index contributed by atoms with van der Waals surface area (Å²) in [6.45, 7) is -1.01. The molecular formula is C13H14F4N2S. The van der Waals surface area contributed by atoms with Crippen LogP contribution >= 0.6 is 12.2 Å². The van der Waals surface area contributed by atoms with Gasteiger partial charge in [-0.1, -0.05) is 12.2 Å². The average molecular weight is 306 g/mol. The van der Waals surface area contributed by atoms with Crippen molar-refractivity contribution >= 4 is 17.2 Å². The molecule has 0 amide bonds. The Morgan fingerprint density at radius 3 is 2.50 bits per heavy atom. The van der Waals surface area contributed by atoms with Gasteiger partial charge in [0.25, 0.3) is 0 Å². The predicted molar refractivity (Wildman–Crippen MR) is 71.8 cm³/mol. The highest BCUT2D eigenvalue weighted by Gasteiger charge is 2.38. The van der Waals surface area contributed by atoms with E-state index < -0.39 is 18.5 Å². The van der Waals surface area contributed by atoms with E-state index in [9.17, 15) is 17.6 Å². The maximum atomic E-state index is 13.3. The second-order valence-corrected chi connectivity index (χ2v) is 5.36. The van der Waals surface area contributed by atoms with E-state index in [2.05, 4.69) is 0 Å². The molecule has 1 fully saturated rings. The van der Waals surface area contributed by atoms with Gasteiger partial charge in [-0.15, -0.1) is 0 Å². The highest BCUT2D eigenvalue weighted by molar-refractivity contribution is 7.80. The first-order valence-electron chi connectivity index (χ1n) is 6.15. The van der Waals surface area contributed by atoms with Crippen LogP contribution in [0.1, 0.15) is 24.0 Å². The molecular weight excluding hydrogens is 292 g/mol. The molecule has 1 aliphatic carbocycles. The van der Waals surface area contributed by atoms with Crippen LogP contribution in [-0.2, 0) is 6.54 Å². The van der Waals surface area contributed by atoms with Crippen LogP contribution in [0.5, 0.6) is 0 Å². The van der Waals surface area contributed by atoms with Crippen LogP contribution in [0.4, 0.5) is 17.6 Å². The minimum atomic E-state index is -4.28. The Kier molecular flexibility index (Phi) is 4.29. The van der Waals surface area contributed by atoms with Gasteiger partial charge in [-0.25, -0.2) is 4.39 Å². The number of rotatable bonds is 5. The molecule has 1 aliphatic rings. The van der Waals surface area contributed by atoms with Gasteiger partial charge in [0, 0.05) is 18.2 Å². The average Bonchev–Trinajstić information content (AvgIpc) is 3.09. The summed E-state index contributed by atoms with van der Waals surface area (Å²) in [5.41, 5.74) is 6.35. The zero-order chi connectivity index (χ0) is 14.9. The molecule has 0 saturated heterocycles. The summed E-state index contributed by atoms with van der Waals surface area (Å²) in [4.78, 5) is 1.36. The molecule has 1 saturated carbocycles. The van der Waals surface area contributed by atoms with E-state index in [4.69, 9.17) is 18.0 Å². The number of hydrogen-bond acceptors (Lipinski definition) is 2. The number of benzene rings is 1. The lowest BCUT2D eigenvalue weighted by Gasteiger charge is -2.24. The number of alkyl halides is 3. The van der Waals surface area contributed by atoms with E-state index in [1.54, 1.807) is 0 Å². The van der Waals surface area contributed by atoms with E-state index in [0.29, 0.717) is 11.1 Å². The SMILES string of the molecule is NC(=S)c1ccc(F)cc1CN(CC(F)(F)F)C1CC1. The van der Waals surface area contributed by atoms with E-state index in [1.807, 2.05) is 0 Å². The van der Waals surface area contributed by atoms with Gasteiger partial charge in [0.2, 0.25) is 0 Å². The highest BCUT2D eigenvalue weighted by Crippen LogP contribution is 2.32. The molecule has 110 valence electrons. The smallest absolute Gasteiger partial charge is 0.389 e. The molecule has 0 aliphatic heterocycles. The zero-order valence-corrected chi connectivity index (χ0v) is 11.4. The van der Waals surface area contributed by atoms with Gasteiger partial charge in [-0.05, 0) is 36.6 Å². The second kappa shape index (κ2) is 5.65. The lowest BCUT2D eigenvalue weighted by Crippen LogP contribution is -2.36. The minimum absolute atomic E-state index is 0.00535. The Labute approximate surface area is 119 Å². The number of hydrogen-bond donors (Lipinski definition) is 1. The molecule has 0 aromatic heterocycles. The largest absolute Gasteiger partial charge is 0.401 e. The summed E-state index contributed by atoms with van der Waals surface area (Å²) >= 11 is 4.85. The maximum absolute atomic E-state index is 13.3. The van der Waals surface area contributed by atoms with Crippen LogP contribution in [0, 0.1) is 5.82 Å². The summed E-state index contributed by atoms with van der Waals surface area (Å²) in [7, 11) is 0. The monoisotopic (exact) mass is 306 g/mol. The van der Waals surface area contributed by atoms with Crippen molar-refractivity contribution in [2.24, 2.45) is 5.73 Å². The second-order valence-electron chi connectivity index (χ2n) is 4.92. The van der Waals surface area contributed by atoms with Crippen LogP contribution in [0.15, 0.2) is 18.2 Å². The molecule has 1 aromatic carbocycles. The van der Waals surface area contributed by atoms with E-state index in [1.165, 1.54) is 23.1 Å². The molecule has 0 atom stereocenters. The summed E-state index contributed by atoms with van der Waals surface area (Å²) in [5.74, 6) is -0.511. The molecule has 0 unspecified atom stereocenters. The molecule has 0 spiro atoms. The van der Waals surface area contributed by atoms with Crippen LogP contribution < -0.4 is 5.73 Å². The first-order chi connectivity index (χ1) is 9.26. The minimum Gasteiger partial charge on any atom is -0.389 e. The first kappa shape index (κ1) is 15.2. The van der Waals surface area contributed by atoms with Crippen molar-refractivity contribution in [2.75, 3.05) is 6.54 Å². The molecule has 20 heavy (non-hydrogen) atoms. The van der Waals surface area contributed by atoms with Crippen molar-refractivity contribution in [3.63, 3.8) is 0 Å². The predicted octanol–water partition coefficient (Wildman–Crippen LogP) is 2.99. The lowest BCUT2D eigenvalue weighted by atomic mass is 10.1. The fourth-order valence-electron chi connectivity index (χ4n) is 2.14. The summed E-state index contributed by atoms with van der Waals surface area (Å²) in [6.07, 6.45) is -2.82. The Balaban J connectivity index is 2.21. The van der Waals surface area contributed by atoms with Crippen LogP contribution in [0.25, 0.3) is 0 Å². The molecule has 7 heteroatoms. The number of halogens is 4. The molecule has 0 bridgehead atoms. The van der Waals surface area contributed by atoms with E-state index in [0.717, 1.165) is 12.8 Å². The highest BCUT2D eigenvalue weighted by atomic mass is 32.1. The van der Waals surface area contributed by atoms with Gasteiger partial charge in [-0.3, -0.25) is 4.90 Å². The lowest BCUT2D eigenvalue weighted by molar-refractivity contribution is -0.148. The Morgan fingerprint density at radius 2 is 2.00 bits per heavy atom. The third kappa shape index (κ3) is 4.14. The maximum Gasteiger partial charge on any atom is 0.401 e.